The third-order valence-electron chi connectivity index (χ3n) is 4.88. The van der Waals surface area contributed by atoms with E-state index in [0.717, 1.165) is 47.3 Å². The topological polar surface area (TPSA) is 83.1 Å². The maximum Gasteiger partial charge on any atom is 0.205 e. The summed E-state index contributed by atoms with van der Waals surface area (Å²) in [7, 11) is 0. The summed E-state index contributed by atoms with van der Waals surface area (Å²) in [6.45, 7) is 4.13. The molecular formula is C22H22N6S. The fraction of sp³-hybridized carbons (Fsp3) is 0.227. The Balaban J connectivity index is 1.65. The molecule has 2 aromatic carbocycles. The predicted octanol–water partition coefficient (Wildman–Crippen LogP) is 4.84. The van der Waals surface area contributed by atoms with Crippen LogP contribution < -0.4 is 0 Å². The molecule has 6 nitrogen and oxygen atoms in total. The van der Waals surface area contributed by atoms with E-state index in [4.69, 9.17) is 12.2 Å². The maximum absolute atomic E-state index is 5.55. The van der Waals surface area contributed by atoms with E-state index in [1.165, 1.54) is 11.3 Å². The van der Waals surface area contributed by atoms with Crippen LogP contribution in [0.5, 0.6) is 0 Å². The molecule has 0 fully saturated rings. The molecule has 0 unspecified atom stereocenters. The molecule has 4 rings (SSSR count). The van der Waals surface area contributed by atoms with Gasteiger partial charge in [0.05, 0.1) is 0 Å². The first-order chi connectivity index (χ1) is 14.2. The van der Waals surface area contributed by atoms with Gasteiger partial charge in [-0.05, 0) is 35.2 Å². The number of rotatable bonds is 6. The van der Waals surface area contributed by atoms with Gasteiger partial charge in [-0.2, -0.15) is 5.21 Å². The van der Waals surface area contributed by atoms with E-state index in [0.29, 0.717) is 10.5 Å². The van der Waals surface area contributed by atoms with Crippen molar-refractivity contribution in [2.75, 3.05) is 0 Å². The Kier molecular flexibility index (Phi) is 5.57. The molecule has 0 aliphatic rings. The first-order valence-corrected chi connectivity index (χ1v) is 10.1. The number of tetrazole rings is 1. The van der Waals surface area contributed by atoms with Gasteiger partial charge < -0.3 is 4.98 Å². The lowest BCUT2D eigenvalue weighted by Crippen LogP contribution is -2.04. The number of hydrogen-bond donors (Lipinski definition) is 2. The third-order valence-corrected chi connectivity index (χ3v) is 5.22. The molecule has 0 amide bonds. The number of benzene rings is 2. The minimum atomic E-state index is 0.589. The molecule has 2 heterocycles. The highest BCUT2D eigenvalue weighted by Crippen LogP contribution is 2.30. The molecule has 0 radical (unpaired) electrons. The van der Waals surface area contributed by atoms with Crippen LogP contribution in [0.3, 0.4) is 0 Å². The summed E-state index contributed by atoms with van der Waals surface area (Å²) >= 11 is 5.55. The highest BCUT2D eigenvalue weighted by molar-refractivity contribution is 7.71. The molecule has 0 saturated carbocycles. The summed E-state index contributed by atoms with van der Waals surface area (Å²) in [6.07, 6.45) is 2.80. The van der Waals surface area contributed by atoms with Gasteiger partial charge in [-0.15, -0.1) is 10.2 Å². The van der Waals surface area contributed by atoms with Crippen LogP contribution in [0.2, 0.25) is 0 Å². The van der Waals surface area contributed by atoms with Gasteiger partial charge in [0.25, 0.3) is 0 Å². The Morgan fingerprint density at radius 1 is 1.00 bits per heavy atom. The van der Waals surface area contributed by atoms with Crippen LogP contribution in [0.4, 0.5) is 0 Å². The molecule has 2 aromatic heterocycles. The Morgan fingerprint density at radius 3 is 2.45 bits per heavy atom. The highest BCUT2D eigenvalue weighted by Gasteiger charge is 2.12. The van der Waals surface area contributed by atoms with Gasteiger partial charge in [-0.1, -0.05) is 74.1 Å². The van der Waals surface area contributed by atoms with Gasteiger partial charge in [-0.3, -0.25) is 0 Å². The summed E-state index contributed by atoms with van der Waals surface area (Å²) in [5, 5.41) is 14.4. The van der Waals surface area contributed by atoms with E-state index in [1.807, 2.05) is 25.1 Å². The largest absolute Gasteiger partial charge is 0.347 e. The third kappa shape index (κ3) is 4.14. The number of hydrogen-bond acceptors (Lipinski definition) is 5. The Bertz CT molecular complexity index is 1160. The molecule has 2 N–H and O–H groups in total. The summed E-state index contributed by atoms with van der Waals surface area (Å²) in [5.41, 5.74) is 6.64. The van der Waals surface area contributed by atoms with E-state index >= 15 is 0 Å². The standard InChI is InChI=1S/C22H22N6S/c1-3-6-20-19(22(29)24-14(2)23-20)13-15-9-11-16(12-10-15)17-7-4-5-8-18(17)21-25-27-28-26-21/h4-5,7-12H,3,6,13H2,1-2H3,(H,23,24,29)(H,25,26,27,28). The minimum Gasteiger partial charge on any atom is -0.347 e. The molecule has 0 saturated heterocycles. The van der Waals surface area contributed by atoms with E-state index in [1.54, 1.807) is 0 Å². The fourth-order valence-electron chi connectivity index (χ4n) is 3.53. The van der Waals surface area contributed by atoms with Gasteiger partial charge >= 0.3 is 0 Å². The van der Waals surface area contributed by atoms with Crippen molar-refractivity contribution in [2.24, 2.45) is 0 Å². The van der Waals surface area contributed by atoms with Crippen LogP contribution in [0.15, 0.2) is 48.5 Å². The zero-order valence-electron chi connectivity index (χ0n) is 16.4. The van der Waals surface area contributed by atoms with Gasteiger partial charge in [0.1, 0.15) is 10.5 Å². The smallest absolute Gasteiger partial charge is 0.205 e. The second-order valence-corrected chi connectivity index (χ2v) is 7.38. The molecule has 0 aliphatic heterocycles. The molecule has 0 bridgehead atoms. The Morgan fingerprint density at radius 2 is 1.76 bits per heavy atom. The SMILES string of the molecule is CCCc1[nH]c(C)nc(=S)c1Cc1ccc(-c2ccccc2-c2nn[nH]n2)cc1. The molecule has 7 heteroatoms. The average molecular weight is 403 g/mol. The summed E-state index contributed by atoms with van der Waals surface area (Å²) in [4.78, 5) is 7.85. The first-order valence-electron chi connectivity index (χ1n) is 9.66. The molecule has 146 valence electrons. The van der Waals surface area contributed by atoms with Crippen LogP contribution in [-0.4, -0.2) is 30.6 Å². The fourth-order valence-corrected chi connectivity index (χ4v) is 3.86. The van der Waals surface area contributed by atoms with Crippen LogP contribution in [-0.2, 0) is 12.8 Å². The van der Waals surface area contributed by atoms with Crippen molar-refractivity contribution in [3.8, 4) is 22.5 Å². The Labute approximate surface area is 174 Å². The van der Waals surface area contributed by atoms with E-state index in [9.17, 15) is 0 Å². The van der Waals surface area contributed by atoms with E-state index < -0.39 is 0 Å². The summed E-state index contributed by atoms with van der Waals surface area (Å²) in [6, 6.07) is 16.6. The number of aryl methyl sites for hydroxylation is 2. The lowest BCUT2D eigenvalue weighted by atomic mass is 9.96. The first kappa shape index (κ1) is 19.1. The normalized spacial score (nSPS) is 11.0. The van der Waals surface area contributed by atoms with Crippen molar-refractivity contribution in [3.05, 3.63) is 75.8 Å². The van der Waals surface area contributed by atoms with Crippen molar-refractivity contribution in [1.29, 1.82) is 0 Å². The highest BCUT2D eigenvalue weighted by atomic mass is 32.1. The Hall–Kier alpha value is -3.19. The average Bonchev–Trinajstić information content (AvgIpc) is 3.26. The second kappa shape index (κ2) is 8.45. The van der Waals surface area contributed by atoms with E-state index in [2.05, 4.69) is 67.8 Å². The summed E-state index contributed by atoms with van der Waals surface area (Å²) in [5.74, 6) is 1.46. The molecule has 0 aliphatic carbocycles. The van der Waals surface area contributed by atoms with Crippen LogP contribution in [0.1, 0.15) is 36.0 Å². The number of aromatic amines is 2. The number of H-pyrrole nitrogens is 2. The molecular weight excluding hydrogens is 380 g/mol. The molecule has 4 aromatic rings. The lowest BCUT2D eigenvalue weighted by Gasteiger charge is -2.11. The van der Waals surface area contributed by atoms with Crippen molar-refractivity contribution < 1.29 is 0 Å². The zero-order valence-corrected chi connectivity index (χ0v) is 17.3. The number of aromatic nitrogens is 6. The molecule has 0 spiro atoms. The predicted molar refractivity (Wildman–Crippen MR) is 116 cm³/mol. The van der Waals surface area contributed by atoms with Crippen molar-refractivity contribution in [3.63, 3.8) is 0 Å². The summed E-state index contributed by atoms with van der Waals surface area (Å²) < 4.78 is 0.691. The minimum absolute atomic E-state index is 0.589. The van der Waals surface area contributed by atoms with Gasteiger partial charge in [0.2, 0.25) is 5.82 Å². The number of nitrogens with one attached hydrogen (secondary N) is 2. The van der Waals surface area contributed by atoms with Crippen LogP contribution in [0, 0.1) is 11.6 Å². The van der Waals surface area contributed by atoms with Crippen LogP contribution >= 0.6 is 12.2 Å². The maximum atomic E-state index is 5.55. The second-order valence-electron chi connectivity index (χ2n) is 6.99. The van der Waals surface area contributed by atoms with Crippen LogP contribution in [0.25, 0.3) is 22.5 Å². The molecule has 0 atom stereocenters. The quantitative estimate of drug-likeness (QED) is 0.451. The van der Waals surface area contributed by atoms with Crippen molar-refractivity contribution >= 4 is 12.2 Å². The van der Waals surface area contributed by atoms with E-state index in [-0.39, 0.29) is 0 Å². The van der Waals surface area contributed by atoms with Gasteiger partial charge in [0, 0.05) is 23.2 Å². The van der Waals surface area contributed by atoms with Gasteiger partial charge in [-0.25, -0.2) is 4.98 Å². The lowest BCUT2D eigenvalue weighted by molar-refractivity contribution is 0.828. The zero-order chi connectivity index (χ0) is 20.2. The molecule has 29 heavy (non-hydrogen) atoms. The number of nitrogens with zero attached hydrogens (tertiary/aromatic N) is 4. The monoisotopic (exact) mass is 402 g/mol. The van der Waals surface area contributed by atoms with Crippen molar-refractivity contribution in [1.82, 2.24) is 30.6 Å². The van der Waals surface area contributed by atoms with Gasteiger partial charge in [0.15, 0.2) is 0 Å². The van der Waals surface area contributed by atoms with Crippen molar-refractivity contribution in [2.45, 2.75) is 33.1 Å².